The van der Waals surface area contributed by atoms with Crippen LogP contribution < -0.4 is 5.32 Å². The number of halogens is 2. The van der Waals surface area contributed by atoms with Gasteiger partial charge in [0.15, 0.2) is 0 Å². The number of alkyl halides is 2. The molecule has 0 unspecified atom stereocenters. The van der Waals surface area contributed by atoms with E-state index in [9.17, 15) is 22.3 Å². The summed E-state index contributed by atoms with van der Waals surface area (Å²) in [6.07, 6.45) is 0.813. The lowest BCUT2D eigenvalue weighted by molar-refractivity contribution is -0.0543. The van der Waals surface area contributed by atoms with Crippen LogP contribution in [0.25, 0.3) is 0 Å². The van der Waals surface area contributed by atoms with Crippen LogP contribution in [-0.2, 0) is 14.6 Å². The molecule has 21 heavy (non-hydrogen) atoms. The van der Waals surface area contributed by atoms with E-state index in [1.165, 1.54) is 12.1 Å². The first-order chi connectivity index (χ1) is 9.85. The Labute approximate surface area is 121 Å². The van der Waals surface area contributed by atoms with Crippen LogP contribution in [-0.4, -0.2) is 44.6 Å². The van der Waals surface area contributed by atoms with Gasteiger partial charge in [-0.25, -0.2) is 8.42 Å². The molecule has 2 rings (SSSR count). The van der Waals surface area contributed by atoms with Crippen molar-refractivity contribution in [1.82, 2.24) is 0 Å². The highest BCUT2D eigenvalue weighted by molar-refractivity contribution is 7.91. The number of hydrogen-bond acceptors (Lipinski definition) is 5. The summed E-state index contributed by atoms with van der Waals surface area (Å²) in [5, 5.41) is 13.1. The second-order valence-electron chi connectivity index (χ2n) is 4.99. The number of para-hydroxylation sites is 1. The standard InChI is InChI=1S/C13H17F2NO4S/c14-12(15)21(18,19)11-4-2-1-3-10(11)16-9-13(17)5-7-20-8-6-13/h1-4,12,16-17H,5-9H2. The first-order valence-electron chi connectivity index (χ1n) is 6.50. The summed E-state index contributed by atoms with van der Waals surface area (Å²) in [5.41, 5.74) is -0.960. The Hall–Kier alpha value is -1.25. The van der Waals surface area contributed by atoms with Gasteiger partial charge >= 0.3 is 5.76 Å². The molecule has 2 N–H and O–H groups in total. The molecule has 8 heteroatoms. The molecular formula is C13H17F2NO4S. The fourth-order valence-corrected chi connectivity index (χ4v) is 3.05. The summed E-state index contributed by atoms with van der Waals surface area (Å²) in [6, 6.07) is 5.44. The maximum absolute atomic E-state index is 12.7. The van der Waals surface area contributed by atoms with Crippen LogP contribution in [0.15, 0.2) is 29.2 Å². The van der Waals surface area contributed by atoms with Crippen molar-refractivity contribution in [2.45, 2.75) is 29.1 Å². The average molecular weight is 321 g/mol. The van der Waals surface area contributed by atoms with Crippen molar-refractivity contribution < 1.29 is 27.0 Å². The molecule has 0 amide bonds. The molecule has 0 atom stereocenters. The first-order valence-corrected chi connectivity index (χ1v) is 8.05. The Kier molecular flexibility index (Phi) is 4.80. The molecule has 1 aromatic carbocycles. The van der Waals surface area contributed by atoms with Gasteiger partial charge in [-0.1, -0.05) is 12.1 Å². The van der Waals surface area contributed by atoms with Crippen LogP contribution in [0.2, 0.25) is 0 Å². The number of anilines is 1. The quantitative estimate of drug-likeness (QED) is 0.862. The second-order valence-corrected chi connectivity index (χ2v) is 6.88. The minimum atomic E-state index is -4.68. The van der Waals surface area contributed by atoms with Gasteiger partial charge in [-0.3, -0.25) is 0 Å². The molecule has 0 bridgehead atoms. The molecule has 1 fully saturated rings. The summed E-state index contributed by atoms with van der Waals surface area (Å²) < 4.78 is 53.7. The molecule has 1 aliphatic rings. The Balaban J connectivity index is 2.18. The van der Waals surface area contributed by atoms with Crippen molar-refractivity contribution in [2.24, 2.45) is 0 Å². The van der Waals surface area contributed by atoms with E-state index in [0.717, 1.165) is 6.07 Å². The highest BCUT2D eigenvalue weighted by atomic mass is 32.2. The fourth-order valence-electron chi connectivity index (χ4n) is 2.14. The smallest absolute Gasteiger partial charge is 0.341 e. The molecule has 0 aromatic heterocycles. The lowest BCUT2D eigenvalue weighted by Crippen LogP contribution is -2.42. The number of benzene rings is 1. The number of aliphatic hydroxyl groups is 1. The van der Waals surface area contributed by atoms with Crippen LogP contribution in [0.4, 0.5) is 14.5 Å². The van der Waals surface area contributed by atoms with Gasteiger partial charge in [0.2, 0.25) is 9.84 Å². The zero-order chi connectivity index (χ0) is 15.5. The third-order valence-electron chi connectivity index (χ3n) is 3.46. The van der Waals surface area contributed by atoms with Crippen LogP contribution in [0.3, 0.4) is 0 Å². The Bertz CT molecular complexity index is 586. The van der Waals surface area contributed by atoms with Crippen molar-refractivity contribution in [1.29, 1.82) is 0 Å². The van der Waals surface area contributed by atoms with E-state index in [1.54, 1.807) is 6.07 Å². The van der Waals surface area contributed by atoms with E-state index < -0.39 is 26.1 Å². The fraction of sp³-hybridized carbons (Fsp3) is 0.538. The van der Waals surface area contributed by atoms with Gasteiger partial charge in [-0.2, -0.15) is 8.78 Å². The summed E-state index contributed by atoms with van der Waals surface area (Å²) in [6.45, 7) is 0.899. The number of hydrogen-bond donors (Lipinski definition) is 2. The van der Waals surface area contributed by atoms with Crippen LogP contribution in [0.5, 0.6) is 0 Å². The molecule has 118 valence electrons. The van der Waals surface area contributed by atoms with Crippen molar-refractivity contribution >= 4 is 15.5 Å². The van der Waals surface area contributed by atoms with E-state index in [2.05, 4.69) is 5.32 Å². The van der Waals surface area contributed by atoms with Crippen LogP contribution in [0.1, 0.15) is 12.8 Å². The van der Waals surface area contributed by atoms with Gasteiger partial charge in [0, 0.05) is 32.6 Å². The third kappa shape index (κ3) is 3.69. The molecule has 0 saturated carbocycles. The number of rotatable bonds is 5. The summed E-state index contributed by atoms with van der Waals surface area (Å²) in [7, 11) is -4.68. The summed E-state index contributed by atoms with van der Waals surface area (Å²) in [5.74, 6) is -3.48. The minimum absolute atomic E-state index is 0.0673. The zero-order valence-electron chi connectivity index (χ0n) is 11.3. The largest absolute Gasteiger partial charge is 0.388 e. The van der Waals surface area contributed by atoms with E-state index in [0.29, 0.717) is 26.1 Å². The zero-order valence-corrected chi connectivity index (χ0v) is 12.1. The Morgan fingerprint density at radius 1 is 1.29 bits per heavy atom. The molecule has 1 saturated heterocycles. The molecule has 1 aromatic rings. The third-order valence-corrected chi connectivity index (χ3v) is 4.90. The van der Waals surface area contributed by atoms with Gasteiger partial charge in [-0.05, 0) is 12.1 Å². The number of ether oxygens (including phenoxy) is 1. The van der Waals surface area contributed by atoms with Crippen molar-refractivity contribution in [3.8, 4) is 0 Å². The van der Waals surface area contributed by atoms with Gasteiger partial charge in [-0.15, -0.1) is 0 Å². The van der Waals surface area contributed by atoms with Crippen molar-refractivity contribution in [3.63, 3.8) is 0 Å². The molecule has 0 spiro atoms. The van der Waals surface area contributed by atoms with E-state index in [1.807, 2.05) is 0 Å². The molecule has 1 heterocycles. The van der Waals surface area contributed by atoms with Crippen LogP contribution in [0, 0.1) is 0 Å². The lowest BCUT2D eigenvalue weighted by Gasteiger charge is -2.32. The highest BCUT2D eigenvalue weighted by Gasteiger charge is 2.32. The topological polar surface area (TPSA) is 75.6 Å². The Morgan fingerprint density at radius 2 is 1.90 bits per heavy atom. The number of nitrogens with one attached hydrogen (secondary N) is 1. The van der Waals surface area contributed by atoms with Gasteiger partial charge in [0.05, 0.1) is 16.2 Å². The number of sulfone groups is 1. The molecule has 1 aliphatic heterocycles. The molecule has 5 nitrogen and oxygen atoms in total. The minimum Gasteiger partial charge on any atom is -0.388 e. The van der Waals surface area contributed by atoms with Crippen molar-refractivity contribution in [3.05, 3.63) is 24.3 Å². The normalized spacial score (nSPS) is 18.7. The monoisotopic (exact) mass is 321 g/mol. The van der Waals surface area contributed by atoms with E-state index in [4.69, 9.17) is 4.74 Å². The molecular weight excluding hydrogens is 304 g/mol. The maximum Gasteiger partial charge on any atom is 0.341 e. The van der Waals surface area contributed by atoms with E-state index in [-0.39, 0.29) is 12.2 Å². The summed E-state index contributed by atoms with van der Waals surface area (Å²) in [4.78, 5) is -0.462. The molecule has 0 aliphatic carbocycles. The van der Waals surface area contributed by atoms with E-state index >= 15 is 0 Å². The average Bonchev–Trinajstić information content (AvgIpc) is 2.46. The highest BCUT2D eigenvalue weighted by Crippen LogP contribution is 2.28. The predicted octanol–water partition coefficient (Wildman–Crippen LogP) is 1.64. The van der Waals surface area contributed by atoms with Gasteiger partial charge in [0.1, 0.15) is 0 Å². The van der Waals surface area contributed by atoms with Crippen molar-refractivity contribution in [2.75, 3.05) is 25.1 Å². The van der Waals surface area contributed by atoms with Crippen LogP contribution >= 0.6 is 0 Å². The molecule has 0 radical (unpaired) electrons. The Morgan fingerprint density at radius 3 is 2.52 bits per heavy atom. The summed E-state index contributed by atoms with van der Waals surface area (Å²) >= 11 is 0. The predicted molar refractivity (Wildman–Crippen MR) is 73.1 cm³/mol. The SMILES string of the molecule is O=S(=O)(c1ccccc1NCC1(O)CCOCC1)C(F)F. The maximum atomic E-state index is 12.7. The van der Waals surface area contributed by atoms with Gasteiger partial charge < -0.3 is 15.2 Å². The van der Waals surface area contributed by atoms with Gasteiger partial charge in [0.25, 0.3) is 0 Å². The first kappa shape index (κ1) is 16.1. The second kappa shape index (κ2) is 6.25. The lowest BCUT2D eigenvalue weighted by atomic mass is 9.94.